The van der Waals surface area contributed by atoms with Crippen LogP contribution in [-0.2, 0) is 9.53 Å². The third-order valence-electron chi connectivity index (χ3n) is 1.81. The number of rotatable bonds is 2. The second kappa shape index (κ2) is 3.69. The van der Waals surface area contributed by atoms with Crippen molar-refractivity contribution in [2.24, 2.45) is 0 Å². The predicted molar refractivity (Wildman–Crippen MR) is 37.8 cm³/mol. The van der Waals surface area contributed by atoms with Gasteiger partial charge in [-0.25, -0.2) is 4.79 Å². The lowest BCUT2D eigenvalue weighted by Crippen LogP contribution is -2.89. The minimum absolute atomic E-state index is 0.176. The molecule has 3 N–H and O–H groups in total. The van der Waals surface area contributed by atoms with Crippen molar-refractivity contribution in [1.29, 1.82) is 0 Å². The second-order valence-corrected chi connectivity index (χ2v) is 2.72. The average Bonchev–Trinajstić information content (AvgIpc) is 2.36. The number of aliphatic hydroxyl groups is 1. The summed E-state index contributed by atoms with van der Waals surface area (Å²) in [4.78, 5) is 11.0. The Morgan fingerprint density at radius 3 is 3.00 bits per heavy atom. The van der Waals surface area contributed by atoms with Crippen LogP contribution >= 0.6 is 0 Å². The molecule has 1 heterocycles. The number of esters is 1. The molecule has 2 unspecified atom stereocenters. The fraction of sp³-hybridized carbons (Fsp3) is 0.857. The van der Waals surface area contributed by atoms with Gasteiger partial charge in [-0.15, -0.1) is 0 Å². The Labute approximate surface area is 65.5 Å². The smallest absolute Gasteiger partial charge is 0.364 e. The summed E-state index contributed by atoms with van der Waals surface area (Å²) in [6, 6.07) is -0.176. The van der Waals surface area contributed by atoms with Crippen LogP contribution < -0.4 is 5.32 Å². The van der Waals surface area contributed by atoms with E-state index in [0.29, 0.717) is 19.6 Å². The van der Waals surface area contributed by atoms with Crippen molar-refractivity contribution in [2.45, 2.75) is 25.5 Å². The number of carbonyl (C=O) groups excluding carboxylic acids is 1. The van der Waals surface area contributed by atoms with Crippen LogP contribution in [0.4, 0.5) is 0 Å². The second-order valence-electron chi connectivity index (χ2n) is 2.72. The molecule has 1 saturated heterocycles. The highest BCUT2D eigenvalue weighted by Gasteiger charge is 2.33. The number of ether oxygens (including phenoxy) is 1. The maximum Gasteiger partial charge on any atom is 0.364 e. The summed E-state index contributed by atoms with van der Waals surface area (Å²) in [5.74, 6) is -0.205. The summed E-state index contributed by atoms with van der Waals surface area (Å²) < 4.78 is 4.79. The van der Waals surface area contributed by atoms with Crippen LogP contribution in [0.15, 0.2) is 0 Å². The zero-order chi connectivity index (χ0) is 8.27. The van der Waals surface area contributed by atoms with E-state index in [1.54, 1.807) is 6.92 Å². The van der Waals surface area contributed by atoms with E-state index in [-0.39, 0.29) is 18.1 Å². The van der Waals surface area contributed by atoms with E-state index >= 15 is 0 Å². The highest BCUT2D eigenvalue weighted by Crippen LogP contribution is 2.00. The van der Waals surface area contributed by atoms with E-state index in [2.05, 4.69) is 0 Å². The fourth-order valence-corrected chi connectivity index (χ4v) is 1.25. The first-order valence-electron chi connectivity index (χ1n) is 3.92. The number of aliphatic hydroxyl groups excluding tert-OH is 1. The van der Waals surface area contributed by atoms with Crippen molar-refractivity contribution < 1.29 is 20.0 Å². The van der Waals surface area contributed by atoms with Gasteiger partial charge in [0.2, 0.25) is 0 Å². The molecule has 0 spiro atoms. The van der Waals surface area contributed by atoms with Gasteiger partial charge in [0.05, 0.1) is 6.61 Å². The summed E-state index contributed by atoms with van der Waals surface area (Å²) in [7, 11) is 0. The minimum Gasteiger partial charge on any atom is -0.462 e. The highest BCUT2D eigenvalue weighted by atomic mass is 16.5. The van der Waals surface area contributed by atoms with E-state index in [1.165, 1.54) is 0 Å². The van der Waals surface area contributed by atoms with Gasteiger partial charge in [-0.05, 0) is 6.92 Å². The first-order valence-corrected chi connectivity index (χ1v) is 3.92. The molecule has 0 aromatic rings. The van der Waals surface area contributed by atoms with Crippen molar-refractivity contribution in [3.63, 3.8) is 0 Å². The third kappa shape index (κ3) is 2.17. The van der Waals surface area contributed by atoms with Crippen LogP contribution in [0.25, 0.3) is 0 Å². The monoisotopic (exact) mass is 160 g/mol. The summed E-state index contributed by atoms with van der Waals surface area (Å²) in [6.45, 7) is 2.81. The summed E-state index contributed by atoms with van der Waals surface area (Å²) in [5.41, 5.74) is 0. The van der Waals surface area contributed by atoms with Gasteiger partial charge in [0.1, 0.15) is 12.6 Å². The Balaban J connectivity index is 2.31. The maximum absolute atomic E-state index is 11.0. The highest BCUT2D eigenvalue weighted by molar-refractivity contribution is 5.74. The number of nitrogens with two attached hydrogens (primary N) is 1. The van der Waals surface area contributed by atoms with Gasteiger partial charge in [0.25, 0.3) is 0 Å². The number of hydrogen-bond acceptors (Lipinski definition) is 3. The predicted octanol–water partition coefficient (Wildman–Crippen LogP) is -1.75. The lowest BCUT2D eigenvalue weighted by molar-refractivity contribution is -0.661. The molecule has 0 amide bonds. The average molecular weight is 160 g/mol. The maximum atomic E-state index is 11.0. The summed E-state index contributed by atoms with van der Waals surface area (Å²) in [6.07, 6.45) is 0.183. The molecule has 64 valence electrons. The largest absolute Gasteiger partial charge is 0.462 e. The molecule has 0 aromatic heterocycles. The molecule has 0 saturated carbocycles. The van der Waals surface area contributed by atoms with E-state index in [1.807, 2.05) is 5.32 Å². The normalized spacial score (nSPS) is 30.4. The van der Waals surface area contributed by atoms with E-state index in [4.69, 9.17) is 9.84 Å². The zero-order valence-corrected chi connectivity index (χ0v) is 6.62. The molecule has 11 heavy (non-hydrogen) atoms. The van der Waals surface area contributed by atoms with E-state index in [0.717, 1.165) is 0 Å². The minimum atomic E-state index is -0.343. The van der Waals surface area contributed by atoms with Crippen LogP contribution in [0.2, 0.25) is 0 Å². The molecule has 0 bridgehead atoms. The fourth-order valence-electron chi connectivity index (χ4n) is 1.25. The van der Waals surface area contributed by atoms with Crippen LogP contribution in [0.5, 0.6) is 0 Å². The Morgan fingerprint density at radius 2 is 2.55 bits per heavy atom. The topological polar surface area (TPSA) is 63.1 Å². The van der Waals surface area contributed by atoms with Gasteiger partial charge >= 0.3 is 5.97 Å². The molecule has 4 heteroatoms. The lowest BCUT2D eigenvalue weighted by Gasteiger charge is -2.04. The summed E-state index contributed by atoms with van der Waals surface area (Å²) >= 11 is 0. The van der Waals surface area contributed by atoms with Gasteiger partial charge in [0.15, 0.2) is 6.04 Å². The number of carbonyl (C=O) groups is 1. The Kier molecular flexibility index (Phi) is 2.84. The molecule has 0 radical (unpaired) electrons. The van der Waals surface area contributed by atoms with Gasteiger partial charge in [-0.1, -0.05) is 0 Å². The van der Waals surface area contributed by atoms with Crippen molar-refractivity contribution in [3.8, 4) is 0 Å². The third-order valence-corrected chi connectivity index (χ3v) is 1.81. The quantitative estimate of drug-likeness (QED) is 0.471. The van der Waals surface area contributed by atoms with Crippen molar-refractivity contribution >= 4 is 5.97 Å². The summed E-state index contributed by atoms with van der Waals surface area (Å²) in [5, 5.41) is 10.9. The molecule has 2 atom stereocenters. The van der Waals surface area contributed by atoms with E-state index < -0.39 is 0 Å². The molecule has 1 fully saturated rings. The van der Waals surface area contributed by atoms with Gasteiger partial charge in [0, 0.05) is 6.42 Å². The molecule has 1 aliphatic rings. The van der Waals surface area contributed by atoms with Crippen LogP contribution in [0.1, 0.15) is 13.3 Å². The van der Waals surface area contributed by atoms with Crippen molar-refractivity contribution in [3.05, 3.63) is 0 Å². The van der Waals surface area contributed by atoms with Gasteiger partial charge in [-0.2, -0.15) is 0 Å². The molecule has 1 rings (SSSR count). The van der Waals surface area contributed by atoms with Gasteiger partial charge in [-0.3, -0.25) is 0 Å². The molecule has 4 nitrogen and oxygen atoms in total. The van der Waals surface area contributed by atoms with Crippen LogP contribution in [0, 0.1) is 0 Å². The van der Waals surface area contributed by atoms with Gasteiger partial charge < -0.3 is 15.2 Å². The lowest BCUT2D eigenvalue weighted by atomic mass is 10.2. The van der Waals surface area contributed by atoms with Crippen LogP contribution in [-0.4, -0.2) is 36.4 Å². The Hall–Kier alpha value is -0.610. The van der Waals surface area contributed by atoms with Crippen molar-refractivity contribution in [2.75, 3.05) is 13.2 Å². The first-order chi connectivity index (χ1) is 5.24. The molecule has 0 aromatic carbocycles. The zero-order valence-electron chi connectivity index (χ0n) is 6.62. The molecule has 1 aliphatic heterocycles. The molecular weight excluding hydrogens is 146 g/mol. The van der Waals surface area contributed by atoms with Crippen LogP contribution in [0.3, 0.4) is 0 Å². The Morgan fingerprint density at radius 1 is 1.82 bits per heavy atom. The molecular formula is C7H14NO3+. The standard InChI is InChI=1S/C7H13NO3/c1-2-11-7(10)6-3-5(9)4-8-6/h5-6,8-9H,2-4H2,1H3/p+1. The Bertz CT molecular complexity index is 149. The number of hydrogen-bond donors (Lipinski definition) is 2. The molecule has 0 aliphatic carbocycles. The first kappa shape index (κ1) is 8.49. The van der Waals surface area contributed by atoms with Crippen molar-refractivity contribution in [1.82, 2.24) is 0 Å². The SMILES string of the molecule is CCOC(=O)C1CC(O)C[NH2+]1. The van der Waals surface area contributed by atoms with E-state index in [9.17, 15) is 4.79 Å². The number of quaternary nitrogens is 1.